The largest absolute Gasteiger partial charge is 0.355 e. The van der Waals surface area contributed by atoms with Crippen LogP contribution in [-0.2, 0) is 22.4 Å². The highest BCUT2D eigenvalue weighted by Gasteiger charge is 2.42. The standard InChI is InChI=1S/C31H37FN2O2/c1-3-8-25(9-4-2)18-21-33-30(36)31(24-27-12-15-28(32)16-13-27)19-22-34(23-20-31)29(35)17-14-26-10-6-5-7-11-26/h3-13,15-16H,1,14,17-24H2,2H3,(H,33,36)/b9-4-,25-8+. The summed E-state index contributed by atoms with van der Waals surface area (Å²) in [4.78, 5) is 28.3. The minimum absolute atomic E-state index is 0.00152. The monoisotopic (exact) mass is 488 g/mol. The van der Waals surface area contributed by atoms with Crippen molar-refractivity contribution in [3.63, 3.8) is 0 Å². The molecule has 1 N–H and O–H groups in total. The van der Waals surface area contributed by atoms with E-state index in [0.717, 1.165) is 16.7 Å². The zero-order valence-electron chi connectivity index (χ0n) is 21.2. The van der Waals surface area contributed by atoms with Gasteiger partial charge in [-0.3, -0.25) is 9.59 Å². The predicted octanol–water partition coefficient (Wildman–Crippen LogP) is 5.80. The smallest absolute Gasteiger partial charge is 0.226 e. The third-order valence-corrected chi connectivity index (χ3v) is 6.89. The van der Waals surface area contributed by atoms with E-state index in [9.17, 15) is 14.0 Å². The summed E-state index contributed by atoms with van der Waals surface area (Å²) >= 11 is 0. The van der Waals surface area contributed by atoms with E-state index in [0.29, 0.717) is 58.2 Å². The van der Waals surface area contributed by atoms with Gasteiger partial charge in [0.15, 0.2) is 0 Å². The van der Waals surface area contributed by atoms with Gasteiger partial charge in [-0.15, -0.1) is 0 Å². The van der Waals surface area contributed by atoms with Gasteiger partial charge in [0.25, 0.3) is 0 Å². The normalized spacial score (nSPS) is 15.6. The van der Waals surface area contributed by atoms with Crippen LogP contribution in [-0.4, -0.2) is 36.3 Å². The summed E-state index contributed by atoms with van der Waals surface area (Å²) in [6.45, 7) is 7.33. The van der Waals surface area contributed by atoms with Crippen LogP contribution in [0.3, 0.4) is 0 Å². The summed E-state index contributed by atoms with van der Waals surface area (Å²) in [5.41, 5.74) is 2.54. The van der Waals surface area contributed by atoms with Gasteiger partial charge in [-0.25, -0.2) is 4.39 Å². The summed E-state index contributed by atoms with van der Waals surface area (Å²) in [7, 11) is 0. The zero-order chi connectivity index (χ0) is 25.8. The molecule has 0 spiro atoms. The van der Waals surface area contributed by atoms with Crippen LogP contribution in [0, 0.1) is 11.2 Å². The van der Waals surface area contributed by atoms with Gasteiger partial charge in [-0.2, -0.15) is 0 Å². The number of carbonyl (C=O) groups excluding carboxylic acids is 2. The molecule has 4 nitrogen and oxygen atoms in total. The van der Waals surface area contributed by atoms with E-state index in [1.807, 2.05) is 60.4 Å². The summed E-state index contributed by atoms with van der Waals surface area (Å²) in [6, 6.07) is 16.4. The lowest BCUT2D eigenvalue weighted by atomic mass is 9.72. The molecular formula is C31H37FN2O2. The van der Waals surface area contributed by atoms with E-state index in [1.54, 1.807) is 18.2 Å². The van der Waals surface area contributed by atoms with Crippen LogP contribution in [0.4, 0.5) is 4.39 Å². The number of hydrogen-bond acceptors (Lipinski definition) is 2. The topological polar surface area (TPSA) is 49.4 Å². The van der Waals surface area contributed by atoms with Crippen LogP contribution in [0.2, 0.25) is 0 Å². The second-order valence-electron chi connectivity index (χ2n) is 9.43. The van der Waals surface area contributed by atoms with Crippen molar-refractivity contribution in [1.82, 2.24) is 10.2 Å². The number of allylic oxidation sites excluding steroid dienone is 4. The summed E-state index contributed by atoms with van der Waals surface area (Å²) < 4.78 is 13.5. The molecule has 1 aliphatic rings. The molecule has 1 saturated heterocycles. The molecular weight excluding hydrogens is 451 g/mol. The fourth-order valence-electron chi connectivity index (χ4n) is 4.81. The van der Waals surface area contributed by atoms with Crippen LogP contribution in [0.1, 0.15) is 43.7 Å². The minimum Gasteiger partial charge on any atom is -0.355 e. The molecule has 2 aromatic carbocycles. The first-order chi connectivity index (χ1) is 17.5. The number of aryl methyl sites for hydroxylation is 1. The van der Waals surface area contributed by atoms with Gasteiger partial charge < -0.3 is 10.2 Å². The molecule has 0 atom stereocenters. The van der Waals surface area contributed by atoms with E-state index >= 15 is 0 Å². The number of halogens is 1. The SMILES string of the molecule is C=C/C=C(\C=C/C)CCNC(=O)C1(Cc2ccc(F)cc2)CCN(C(=O)CCc2ccccc2)CC1. The van der Waals surface area contributed by atoms with Crippen molar-refractivity contribution in [3.8, 4) is 0 Å². The molecule has 1 fully saturated rings. The highest BCUT2D eigenvalue weighted by molar-refractivity contribution is 5.84. The van der Waals surface area contributed by atoms with Crippen LogP contribution in [0.25, 0.3) is 0 Å². The Kier molecular flexibility index (Phi) is 10.2. The molecule has 0 aliphatic carbocycles. The Labute approximate surface area is 214 Å². The van der Waals surface area contributed by atoms with Crippen molar-refractivity contribution < 1.29 is 14.0 Å². The molecule has 1 heterocycles. The number of likely N-dealkylation sites (tertiary alicyclic amines) is 1. The lowest BCUT2D eigenvalue weighted by Crippen LogP contribution is -2.51. The fraction of sp³-hybridized carbons (Fsp3) is 0.355. The molecule has 36 heavy (non-hydrogen) atoms. The Morgan fingerprint density at radius 1 is 1.03 bits per heavy atom. The molecule has 0 unspecified atom stereocenters. The number of piperidine rings is 1. The van der Waals surface area contributed by atoms with Gasteiger partial charge in [0.05, 0.1) is 5.41 Å². The average Bonchev–Trinajstić information content (AvgIpc) is 2.90. The number of nitrogens with zero attached hydrogens (tertiary/aromatic N) is 1. The first-order valence-corrected chi connectivity index (χ1v) is 12.7. The Hall–Kier alpha value is -3.47. The lowest BCUT2D eigenvalue weighted by Gasteiger charge is -2.41. The Bertz CT molecular complexity index is 1070. The first kappa shape index (κ1) is 27.1. The van der Waals surface area contributed by atoms with E-state index in [2.05, 4.69) is 11.9 Å². The van der Waals surface area contributed by atoms with Crippen molar-refractivity contribution in [3.05, 3.63) is 108 Å². The second kappa shape index (κ2) is 13.6. The molecule has 3 rings (SSSR count). The second-order valence-corrected chi connectivity index (χ2v) is 9.43. The van der Waals surface area contributed by atoms with Gasteiger partial charge in [0.1, 0.15) is 5.82 Å². The van der Waals surface area contributed by atoms with E-state index in [4.69, 9.17) is 0 Å². The molecule has 2 amide bonds. The molecule has 0 aromatic heterocycles. The van der Waals surface area contributed by atoms with Crippen molar-refractivity contribution in [2.24, 2.45) is 5.41 Å². The molecule has 1 aliphatic heterocycles. The van der Waals surface area contributed by atoms with Crippen LogP contribution in [0.5, 0.6) is 0 Å². The maximum Gasteiger partial charge on any atom is 0.226 e. The van der Waals surface area contributed by atoms with Crippen molar-refractivity contribution in [1.29, 1.82) is 0 Å². The Balaban J connectivity index is 1.65. The molecule has 5 heteroatoms. The number of carbonyl (C=O) groups is 2. The van der Waals surface area contributed by atoms with E-state index in [-0.39, 0.29) is 17.6 Å². The van der Waals surface area contributed by atoms with Gasteiger partial charge in [0.2, 0.25) is 11.8 Å². The van der Waals surface area contributed by atoms with Crippen LogP contribution in [0.15, 0.2) is 91.1 Å². The highest BCUT2D eigenvalue weighted by atomic mass is 19.1. The van der Waals surface area contributed by atoms with Gasteiger partial charge >= 0.3 is 0 Å². The average molecular weight is 489 g/mol. The quantitative estimate of drug-likeness (QED) is 0.406. The van der Waals surface area contributed by atoms with Crippen molar-refractivity contribution in [2.45, 2.75) is 45.4 Å². The molecule has 0 radical (unpaired) electrons. The Morgan fingerprint density at radius 3 is 2.36 bits per heavy atom. The van der Waals surface area contributed by atoms with Crippen LogP contribution < -0.4 is 5.32 Å². The molecule has 2 aromatic rings. The summed E-state index contributed by atoms with van der Waals surface area (Å²) in [5, 5.41) is 3.14. The van der Waals surface area contributed by atoms with Crippen molar-refractivity contribution in [2.75, 3.05) is 19.6 Å². The number of benzene rings is 2. The Morgan fingerprint density at radius 2 is 1.72 bits per heavy atom. The lowest BCUT2D eigenvalue weighted by molar-refractivity contribution is -0.140. The summed E-state index contributed by atoms with van der Waals surface area (Å²) in [5.74, 6) is -0.163. The maximum atomic E-state index is 13.5. The fourth-order valence-corrected chi connectivity index (χ4v) is 4.81. The predicted molar refractivity (Wildman–Crippen MR) is 144 cm³/mol. The first-order valence-electron chi connectivity index (χ1n) is 12.7. The van der Waals surface area contributed by atoms with Crippen LogP contribution >= 0.6 is 0 Å². The number of amides is 2. The maximum absolute atomic E-state index is 13.5. The van der Waals surface area contributed by atoms with Gasteiger partial charge in [-0.1, -0.05) is 73.3 Å². The van der Waals surface area contributed by atoms with Gasteiger partial charge in [0, 0.05) is 26.1 Å². The highest BCUT2D eigenvalue weighted by Crippen LogP contribution is 2.36. The van der Waals surface area contributed by atoms with E-state index < -0.39 is 5.41 Å². The number of nitrogens with one attached hydrogen (secondary N) is 1. The van der Waals surface area contributed by atoms with Gasteiger partial charge in [-0.05, 0) is 67.9 Å². The zero-order valence-corrected chi connectivity index (χ0v) is 21.2. The van der Waals surface area contributed by atoms with Crippen molar-refractivity contribution >= 4 is 11.8 Å². The number of hydrogen-bond donors (Lipinski definition) is 1. The third kappa shape index (κ3) is 7.77. The third-order valence-electron chi connectivity index (χ3n) is 6.89. The molecule has 0 bridgehead atoms. The van der Waals surface area contributed by atoms with E-state index in [1.165, 1.54) is 12.1 Å². The molecule has 0 saturated carbocycles. The molecule has 190 valence electrons. The minimum atomic E-state index is -0.628. The number of rotatable bonds is 11. The summed E-state index contributed by atoms with van der Waals surface area (Å²) in [6.07, 6.45) is 11.2.